The molecule has 1 aromatic rings. The lowest BCUT2D eigenvalue weighted by Crippen LogP contribution is -2.23. The number of carbonyl (C=O) groups is 1. The minimum atomic E-state index is -0.415. The number of hydrogen-bond acceptors (Lipinski definition) is 4. The summed E-state index contributed by atoms with van der Waals surface area (Å²) >= 11 is 0. The van der Waals surface area contributed by atoms with Crippen molar-refractivity contribution in [2.45, 2.75) is 0 Å². The van der Waals surface area contributed by atoms with Gasteiger partial charge in [-0.2, -0.15) is 0 Å². The van der Waals surface area contributed by atoms with E-state index in [1.54, 1.807) is 12.3 Å². The maximum Gasteiger partial charge on any atom is 0.246 e. The first-order valence-electron chi connectivity index (χ1n) is 3.81. The largest absolute Gasteiger partial charge is 0.366 e. The summed E-state index contributed by atoms with van der Waals surface area (Å²) in [5, 5.41) is 2.97. The number of hydrogen-bond donors (Lipinski definition) is 2. The summed E-state index contributed by atoms with van der Waals surface area (Å²) in [6, 6.07) is 0. The third-order valence-corrected chi connectivity index (χ3v) is 1.83. The third-order valence-electron chi connectivity index (χ3n) is 1.83. The molecule has 0 saturated heterocycles. The van der Waals surface area contributed by atoms with Gasteiger partial charge in [0, 0.05) is 23.9 Å². The first-order chi connectivity index (χ1) is 6.27. The molecule has 13 heavy (non-hydrogen) atoms. The second-order valence-electron chi connectivity index (χ2n) is 2.71. The van der Waals surface area contributed by atoms with Crippen molar-refractivity contribution in [1.82, 2.24) is 9.97 Å². The fourth-order valence-electron chi connectivity index (χ4n) is 1.17. The van der Waals surface area contributed by atoms with Crippen LogP contribution in [0.25, 0.3) is 6.08 Å². The lowest BCUT2D eigenvalue weighted by atomic mass is 10.1. The molecule has 1 aliphatic heterocycles. The highest BCUT2D eigenvalue weighted by atomic mass is 16.1. The quantitative estimate of drug-likeness (QED) is 0.619. The molecule has 3 N–H and O–H groups in total. The van der Waals surface area contributed by atoms with Crippen molar-refractivity contribution in [3.05, 3.63) is 23.7 Å². The van der Waals surface area contributed by atoms with Crippen molar-refractivity contribution in [2.75, 3.05) is 11.9 Å². The zero-order valence-corrected chi connectivity index (χ0v) is 6.82. The lowest BCUT2D eigenvalue weighted by Gasteiger charge is -2.14. The Labute approximate surface area is 74.7 Å². The number of nitrogens with zero attached hydrogens (tertiary/aromatic N) is 2. The fraction of sp³-hybridized carbons (Fsp3) is 0.125. The van der Waals surface area contributed by atoms with Gasteiger partial charge in [-0.3, -0.25) is 4.79 Å². The number of aromatic nitrogens is 2. The van der Waals surface area contributed by atoms with Crippen LogP contribution in [0, 0.1) is 0 Å². The van der Waals surface area contributed by atoms with Crippen molar-refractivity contribution >= 4 is 17.8 Å². The summed E-state index contributed by atoms with van der Waals surface area (Å²) in [6.07, 6.45) is 4.79. The Morgan fingerprint density at radius 1 is 1.62 bits per heavy atom. The molecular formula is C8H8N4O. The van der Waals surface area contributed by atoms with Crippen molar-refractivity contribution in [2.24, 2.45) is 5.73 Å². The topological polar surface area (TPSA) is 80.9 Å². The van der Waals surface area contributed by atoms with E-state index in [-0.39, 0.29) is 0 Å². The van der Waals surface area contributed by atoms with Gasteiger partial charge in [0.1, 0.15) is 12.1 Å². The molecule has 2 rings (SSSR count). The minimum absolute atomic E-state index is 0.415. The molecule has 0 radical (unpaired) electrons. The van der Waals surface area contributed by atoms with Crippen LogP contribution in [0.2, 0.25) is 0 Å². The second kappa shape index (κ2) is 2.85. The van der Waals surface area contributed by atoms with E-state index in [9.17, 15) is 4.79 Å². The Morgan fingerprint density at radius 2 is 2.46 bits per heavy atom. The van der Waals surface area contributed by atoms with E-state index in [0.29, 0.717) is 12.1 Å². The smallest absolute Gasteiger partial charge is 0.246 e. The highest BCUT2D eigenvalue weighted by Gasteiger charge is 2.13. The molecule has 66 valence electrons. The Kier molecular flexibility index (Phi) is 1.70. The van der Waals surface area contributed by atoms with Gasteiger partial charge in [-0.05, 0) is 6.08 Å². The lowest BCUT2D eigenvalue weighted by molar-refractivity contribution is -0.114. The van der Waals surface area contributed by atoms with E-state index in [2.05, 4.69) is 15.3 Å². The summed E-state index contributed by atoms with van der Waals surface area (Å²) in [7, 11) is 0. The van der Waals surface area contributed by atoms with Crippen LogP contribution in [-0.4, -0.2) is 22.4 Å². The SMILES string of the molecule is NC(=O)C1=Cc2cncnc2NC1. The van der Waals surface area contributed by atoms with Crippen LogP contribution in [0.3, 0.4) is 0 Å². The van der Waals surface area contributed by atoms with E-state index in [1.165, 1.54) is 6.33 Å². The molecule has 0 saturated carbocycles. The average Bonchev–Trinajstić information content (AvgIpc) is 2.17. The van der Waals surface area contributed by atoms with Crippen molar-refractivity contribution in [1.29, 1.82) is 0 Å². The predicted octanol–water partition coefficient (Wildman–Crippen LogP) is -0.229. The Hall–Kier alpha value is -1.91. The van der Waals surface area contributed by atoms with Gasteiger partial charge in [0.25, 0.3) is 0 Å². The number of rotatable bonds is 1. The zero-order chi connectivity index (χ0) is 9.26. The molecule has 0 atom stereocenters. The van der Waals surface area contributed by atoms with E-state index in [0.717, 1.165) is 11.4 Å². The van der Waals surface area contributed by atoms with E-state index >= 15 is 0 Å². The molecule has 1 aromatic heterocycles. The maximum absolute atomic E-state index is 10.8. The van der Waals surface area contributed by atoms with E-state index in [4.69, 9.17) is 5.73 Å². The third kappa shape index (κ3) is 1.35. The fourth-order valence-corrected chi connectivity index (χ4v) is 1.17. The summed E-state index contributed by atoms with van der Waals surface area (Å²) in [5.74, 6) is 0.321. The van der Waals surface area contributed by atoms with Gasteiger partial charge >= 0.3 is 0 Å². The van der Waals surface area contributed by atoms with Crippen LogP contribution in [0.15, 0.2) is 18.1 Å². The maximum atomic E-state index is 10.8. The van der Waals surface area contributed by atoms with Crippen LogP contribution in [0.1, 0.15) is 5.56 Å². The summed E-state index contributed by atoms with van der Waals surface area (Å²) in [4.78, 5) is 18.7. The Morgan fingerprint density at radius 3 is 3.23 bits per heavy atom. The normalized spacial score (nSPS) is 14.0. The van der Waals surface area contributed by atoms with Crippen LogP contribution in [0.5, 0.6) is 0 Å². The summed E-state index contributed by atoms with van der Waals surface area (Å²) < 4.78 is 0. The van der Waals surface area contributed by atoms with Crippen LogP contribution >= 0.6 is 0 Å². The first-order valence-corrected chi connectivity index (χ1v) is 3.81. The second-order valence-corrected chi connectivity index (χ2v) is 2.71. The molecule has 0 aliphatic carbocycles. The highest BCUT2D eigenvalue weighted by Crippen LogP contribution is 2.18. The number of carbonyl (C=O) groups excluding carboxylic acids is 1. The van der Waals surface area contributed by atoms with E-state index < -0.39 is 5.91 Å². The molecular weight excluding hydrogens is 168 g/mol. The zero-order valence-electron chi connectivity index (χ0n) is 6.82. The van der Waals surface area contributed by atoms with Crippen LogP contribution in [0.4, 0.5) is 5.82 Å². The minimum Gasteiger partial charge on any atom is -0.366 e. The molecule has 0 unspecified atom stereocenters. The molecule has 2 heterocycles. The van der Waals surface area contributed by atoms with Gasteiger partial charge < -0.3 is 11.1 Å². The van der Waals surface area contributed by atoms with Crippen molar-refractivity contribution < 1.29 is 4.79 Å². The Bertz CT molecular complexity index is 385. The van der Waals surface area contributed by atoms with Gasteiger partial charge in [-0.15, -0.1) is 0 Å². The highest BCUT2D eigenvalue weighted by molar-refractivity contribution is 5.99. The summed E-state index contributed by atoms with van der Waals surface area (Å²) in [5.41, 5.74) is 6.47. The van der Waals surface area contributed by atoms with Crippen LogP contribution < -0.4 is 11.1 Å². The molecule has 5 nitrogen and oxygen atoms in total. The molecule has 0 bridgehead atoms. The number of amides is 1. The number of nitrogens with two attached hydrogens (primary N) is 1. The molecule has 0 aromatic carbocycles. The van der Waals surface area contributed by atoms with Crippen molar-refractivity contribution in [3.8, 4) is 0 Å². The molecule has 5 heteroatoms. The predicted molar refractivity (Wildman–Crippen MR) is 47.7 cm³/mol. The number of primary amides is 1. The monoisotopic (exact) mass is 176 g/mol. The molecule has 1 amide bonds. The van der Waals surface area contributed by atoms with Gasteiger partial charge in [0.15, 0.2) is 0 Å². The van der Waals surface area contributed by atoms with Gasteiger partial charge in [0.05, 0.1) is 0 Å². The Balaban J connectivity index is 2.44. The van der Waals surface area contributed by atoms with E-state index in [1.807, 2.05) is 0 Å². The standard InChI is InChI=1S/C8H8N4O/c9-7(13)5-1-6-2-10-4-12-8(6)11-3-5/h1-2,4H,3H2,(H2,9,13)(H,10,11,12). The molecule has 1 aliphatic rings. The van der Waals surface area contributed by atoms with Crippen molar-refractivity contribution in [3.63, 3.8) is 0 Å². The summed E-state index contributed by atoms with van der Waals surface area (Å²) in [6.45, 7) is 0.430. The average molecular weight is 176 g/mol. The first kappa shape index (κ1) is 7.72. The van der Waals surface area contributed by atoms with Gasteiger partial charge in [-0.25, -0.2) is 9.97 Å². The van der Waals surface area contributed by atoms with Crippen LogP contribution in [-0.2, 0) is 4.79 Å². The number of fused-ring (bicyclic) bond motifs is 1. The number of nitrogens with one attached hydrogen (secondary N) is 1. The number of anilines is 1. The molecule has 0 fully saturated rings. The van der Waals surface area contributed by atoms with Gasteiger partial charge in [-0.1, -0.05) is 0 Å². The van der Waals surface area contributed by atoms with Gasteiger partial charge in [0.2, 0.25) is 5.91 Å². The molecule has 0 spiro atoms.